The van der Waals surface area contributed by atoms with E-state index in [4.69, 9.17) is 0 Å². The number of hydrogen-bond acceptors (Lipinski definition) is 8. The second-order valence-electron chi connectivity index (χ2n) is 7.39. The van der Waals surface area contributed by atoms with E-state index < -0.39 is 5.41 Å². The van der Waals surface area contributed by atoms with Crippen molar-refractivity contribution in [2.75, 3.05) is 10.6 Å². The molecular formula is C19H18N6O3S. The third kappa shape index (κ3) is 3.42. The first kappa shape index (κ1) is 18.9. The zero-order valence-corrected chi connectivity index (χ0v) is 16.8. The van der Waals surface area contributed by atoms with Gasteiger partial charge in [0.1, 0.15) is 11.4 Å². The number of nitrogens with zero attached hydrogens (tertiary/aromatic N) is 4. The van der Waals surface area contributed by atoms with Crippen molar-refractivity contribution >= 4 is 56.4 Å². The molecule has 0 spiro atoms. The van der Waals surface area contributed by atoms with Gasteiger partial charge in [0.15, 0.2) is 10.6 Å². The van der Waals surface area contributed by atoms with Crippen LogP contribution in [0.1, 0.15) is 32.8 Å². The van der Waals surface area contributed by atoms with Gasteiger partial charge in [-0.15, -0.1) is 10.2 Å². The molecule has 1 aliphatic heterocycles. The number of fused-ring (bicyclic) bond motifs is 2. The van der Waals surface area contributed by atoms with Crippen LogP contribution in [0.4, 0.5) is 22.1 Å². The summed E-state index contributed by atoms with van der Waals surface area (Å²) in [7, 11) is 0. The Kier molecular flexibility index (Phi) is 4.50. The van der Waals surface area contributed by atoms with Gasteiger partial charge in [0.25, 0.3) is 0 Å². The highest BCUT2D eigenvalue weighted by Crippen LogP contribution is 2.50. The summed E-state index contributed by atoms with van der Waals surface area (Å²) in [4.78, 5) is 28.0. The van der Waals surface area contributed by atoms with E-state index in [0.29, 0.717) is 27.6 Å². The molecule has 0 atom stereocenters. The van der Waals surface area contributed by atoms with Gasteiger partial charge in [-0.25, -0.2) is 4.98 Å². The zero-order valence-electron chi connectivity index (χ0n) is 16.0. The molecule has 0 saturated heterocycles. The SMILES string of the molecule is CC(=O)Nc1cc(/N=N/c2snc3ncccc23)c2c(c1O)C(C)(C)CC(=O)N2. The molecular weight excluding hydrogens is 392 g/mol. The molecule has 2 aromatic heterocycles. The number of carbonyl (C=O) groups is 2. The van der Waals surface area contributed by atoms with Crippen molar-refractivity contribution in [1.29, 1.82) is 0 Å². The molecule has 0 fully saturated rings. The number of pyridine rings is 1. The van der Waals surface area contributed by atoms with Crippen LogP contribution in [0.15, 0.2) is 34.6 Å². The van der Waals surface area contributed by atoms with Gasteiger partial charge in [0.05, 0.1) is 16.8 Å². The summed E-state index contributed by atoms with van der Waals surface area (Å²) < 4.78 is 4.23. The van der Waals surface area contributed by atoms with Gasteiger partial charge in [-0.3, -0.25) is 9.59 Å². The van der Waals surface area contributed by atoms with Gasteiger partial charge < -0.3 is 15.7 Å². The monoisotopic (exact) mass is 410 g/mol. The topological polar surface area (TPSA) is 129 Å². The Bertz CT molecular complexity index is 1180. The molecule has 0 radical (unpaired) electrons. The Labute approximate surface area is 170 Å². The maximum Gasteiger partial charge on any atom is 0.225 e. The Morgan fingerprint density at radius 1 is 1.38 bits per heavy atom. The average Bonchev–Trinajstić information content (AvgIpc) is 3.04. The smallest absolute Gasteiger partial charge is 0.225 e. The molecule has 2 amide bonds. The fourth-order valence-corrected chi connectivity index (χ4v) is 4.08. The Morgan fingerprint density at radius 2 is 2.17 bits per heavy atom. The molecule has 0 saturated carbocycles. The van der Waals surface area contributed by atoms with Gasteiger partial charge >= 0.3 is 0 Å². The molecule has 0 bridgehead atoms. The number of carbonyl (C=O) groups excluding carboxylic acids is 2. The van der Waals surface area contributed by atoms with Crippen LogP contribution in [0.3, 0.4) is 0 Å². The molecule has 3 N–H and O–H groups in total. The number of hydrogen-bond donors (Lipinski definition) is 3. The van der Waals surface area contributed by atoms with Crippen molar-refractivity contribution in [2.45, 2.75) is 32.6 Å². The first-order chi connectivity index (χ1) is 13.8. The van der Waals surface area contributed by atoms with Crippen LogP contribution < -0.4 is 10.6 Å². The van der Waals surface area contributed by atoms with E-state index in [9.17, 15) is 14.7 Å². The van der Waals surface area contributed by atoms with Crippen LogP contribution in [-0.4, -0.2) is 26.3 Å². The van der Waals surface area contributed by atoms with Crippen LogP contribution in [0.5, 0.6) is 5.75 Å². The molecule has 3 aromatic rings. The van der Waals surface area contributed by atoms with E-state index in [1.807, 2.05) is 19.9 Å². The predicted octanol–water partition coefficient (Wildman–Crippen LogP) is 4.39. The normalized spacial score (nSPS) is 15.3. The average molecular weight is 410 g/mol. The summed E-state index contributed by atoms with van der Waals surface area (Å²) in [6.45, 7) is 5.06. The minimum Gasteiger partial charge on any atom is -0.505 e. The third-order valence-corrected chi connectivity index (χ3v) is 5.36. The van der Waals surface area contributed by atoms with Crippen LogP contribution >= 0.6 is 11.5 Å². The molecule has 9 nitrogen and oxygen atoms in total. The lowest BCUT2D eigenvalue weighted by Gasteiger charge is -2.33. The van der Waals surface area contributed by atoms with Gasteiger partial charge in [-0.1, -0.05) is 13.8 Å². The maximum atomic E-state index is 12.2. The number of benzene rings is 1. The molecule has 3 heterocycles. The highest BCUT2D eigenvalue weighted by molar-refractivity contribution is 7.11. The number of phenols is 1. The molecule has 29 heavy (non-hydrogen) atoms. The third-order valence-electron chi connectivity index (χ3n) is 4.62. The number of nitrogens with one attached hydrogen (secondary N) is 2. The van der Waals surface area contributed by atoms with E-state index in [-0.39, 0.29) is 29.7 Å². The number of rotatable bonds is 3. The van der Waals surface area contributed by atoms with E-state index in [1.165, 1.54) is 13.0 Å². The summed E-state index contributed by atoms with van der Waals surface area (Å²) in [6.07, 6.45) is 1.84. The fraction of sp³-hybridized carbons (Fsp3) is 0.263. The highest BCUT2D eigenvalue weighted by Gasteiger charge is 2.37. The van der Waals surface area contributed by atoms with Gasteiger partial charge in [0.2, 0.25) is 11.8 Å². The van der Waals surface area contributed by atoms with E-state index >= 15 is 0 Å². The largest absolute Gasteiger partial charge is 0.505 e. The fourth-order valence-electron chi connectivity index (χ4n) is 3.42. The van der Waals surface area contributed by atoms with Gasteiger partial charge in [0, 0.05) is 30.5 Å². The molecule has 1 aromatic carbocycles. The summed E-state index contributed by atoms with van der Waals surface area (Å²) in [5.74, 6) is -0.607. The molecule has 4 rings (SSSR count). The van der Waals surface area contributed by atoms with Crippen molar-refractivity contribution < 1.29 is 14.7 Å². The molecule has 10 heteroatoms. The Balaban J connectivity index is 1.88. The van der Waals surface area contributed by atoms with Gasteiger partial charge in [-0.2, -0.15) is 4.37 Å². The van der Waals surface area contributed by atoms with E-state index in [1.54, 1.807) is 12.3 Å². The number of aromatic nitrogens is 2. The lowest BCUT2D eigenvalue weighted by molar-refractivity contribution is -0.117. The quantitative estimate of drug-likeness (QED) is 0.436. The summed E-state index contributed by atoms with van der Waals surface area (Å²) >= 11 is 1.16. The minimum absolute atomic E-state index is 0.0911. The van der Waals surface area contributed by atoms with Gasteiger partial charge in [-0.05, 0) is 29.7 Å². The van der Waals surface area contributed by atoms with Crippen molar-refractivity contribution in [1.82, 2.24) is 9.36 Å². The second-order valence-corrected chi connectivity index (χ2v) is 8.15. The van der Waals surface area contributed by atoms with E-state index in [0.717, 1.165) is 16.9 Å². The van der Waals surface area contributed by atoms with E-state index in [2.05, 4.69) is 30.2 Å². The molecule has 0 unspecified atom stereocenters. The second kappa shape index (κ2) is 6.89. The van der Waals surface area contributed by atoms with Crippen molar-refractivity contribution in [3.63, 3.8) is 0 Å². The van der Waals surface area contributed by atoms with Crippen LogP contribution in [0, 0.1) is 0 Å². The van der Waals surface area contributed by atoms with Crippen LogP contribution in [-0.2, 0) is 15.0 Å². The summed E-state index contributed by atoms with van der Waals surface area (Å²) in [5, 5.41) is 26.1. The zero-order chi connectivity index (χ0) is 20.8. The molecule has 0 aliphatic carbocycles. The highest BCUT2D eigenvalue weighted by atomic mass is 32.1. The first-order valence-electron chi connectivity index (χ1n) is 8.86. The van der Waals surface area contributed by atoms with Crippen LogP contribution in [0.2, 0.25) is 0 Å². The number of azo groups is 1. The van der Waals surface area contributed by atoms with Crippen molar-refractivity contribution in [3.8, 4) is 5.75 Å². The standard InChI is InChI=1S/C19H18N6O3S/c1-9(26)21-12-7-11(15-14(16(12)28)19(2,3)8-13(27)22-15)23-24-18-10-5-4-6-20-17(10)25-29-18/h4-7,28H,8H2,1-3H3,(H,21,26)(H,22,27)/b24-23+. The number of phenolic OH excluding ortho intramolecular Hbond substituents is 1. The van der Waals surface area contributed by atoms with Crippen molar-refractivity contribution in [2.24, 2.45) is 10.2 Å². The molecule has 1 aliphatic rings. The number of amides is 2. The Hall–Kier alpha value is -3.40. The number of anilines is 2. The maximum absolute atomic E-state index is 12.2. The van der Waals surface area contributed by atoms with Crippen LogP contribution in [0.25, 0.3) is 11.0 Å². The lowest BCUT2D eigenvalue weighted by Crippen LogP contribution is -2.32. The predicted molar refractivity (Wildman–Crippen MR) is 110 cm³/mol. The molecule has 148 valence electrons. The Morgan fingerprint density at radius 3 is 2.93 bits per heavy atom. The minimum atomic E-state index is -0.651. The summed E-state index contributed by atoms with van der Waals surface area (Å²) in [5.41, 5.74) is 1.36. The lowest BCUT2D eigenvalue weighted by atomic mass is 9.76. The summed E-state index contributed by atoms with van der Waals surface area (Å²) in [6, 6.07) is 5.12. The van der Waals surface area contributed by atoms with Crippen molar-refractivity contribution in [3.05, 3.63) is 30.0 Å². The first-order valence-corrected chi connectivity index (χ1v) is 9.63. The number of aromatic hydroxyl groups is 1.